The fourth-order valence-electron chi connectivity index (χ4n) is 1.89. The molecule has 0 radical (unpaired) electrons. The molecule has 0 saturated carbocycles. The zero-order valence-electron chi connectivity index (χ0n) is 12.3. The maximum Gasteiger partial charge on any atom is -0.0178 e. The van der Waals surface area contributed by atoms with Crippen LogP contribution in [0.3, 0.4) is 0 Å². The van der Waals surface area contributed by atoms with Crippen LogP contribution < -0.4 is 0 Å². The van der Waals surface area contributed by atoms with Crippen molar-refractivity contribution in [2.24, 2.45) is 0 Å². The van der Waals surface area contributed by atoms with Crippen molar-refractivity contribution < 1.29 is 0 Å². The predicted molar refractivity (Wildman–Crippen MR) is 92.4 cm³/mol. The molecule has 1 aromatic rings. The molecule has 0 aromatic heterocycles. The first kappa shape index (κ1) is 15.7. The Labute approximate surface area is 122 Å². The Kier molecular flexibility index (Phi) is 6.84. The van der Waals surface area contributed by atoms with E-state index in [1.807, 2.05) is 38.2 Å². The Bertz CT molecular complexity index is 578. The number of rotatable bonds is 6. The van der Waals surface area contributed by atoms with E-state index in [2.05, 4.69) is 55.7 Å². The van der Waals surface area contributed by atoms with Crippen LogP contribution in [0.2, 0.25) is 0 Å². The smallest absolute Gasteiger partial charge is 0.0178 e. The predicted octanol–water partition coefficient (Wildman–Crippen LogP) is 5.98. The van der Waals surface area contributed by atoms with Crippen molar-refractivity contribution in [2.45, 2.75) is 13.8 Å². The minimum atomic E-state index is 1.12. The average Bonchev–Trinajstić information content (AvgIpc) is 2.49. The van der Waals surface area contributed by atoms with Gasteiger partial charge in [0, 0.05) is 0 Å². The first-order valence-electron chi connectivity index (χ1n) is 6.78. The second kappa shape index (κ2) is 8.71. The number of allylic oxidation sites excluding steroid dienone is 10. The molecule has 0 aliphatic carbocycles. The van der Waals surface area contributed by atoms with E-state index in [4.69, 9.17) is 0 Å². The third kappa shape index (κ3) is 4.40. The Balaban J connectivity index is 3.21. The summed E-state index contributed by atoms with van der Waals surface area (Å²) < 4.78 is 0. The van der Waals surface area contributed by atoms with E-state index in [0.29, 0.717) is 0 Å². The Morgan fingerprint density at radius 3 is 2.25 bits per heavy atom. The van der Waals surface area contributed by atoms with Gasteiger partial charge < -0.3 is 0 Å². The largest absolute Gasteiger partial charge is 0.0991 e. The summed E-state index contributed by atoms with van der Waals surface area (Å²) in [5.41, 5.74) is 4.66. The van der Waals surface area contributed by atoms with Crippen molar-refractivity contribution in [1.29, 1.82) is 0 Å². The van der Waals surface area contributed by atoms with E-state index in [1.54, 1.807) is 6.08 Å². The van der Waals surface area contributed by atoms with E-state index in [0.717, 1.165) is 5.57 Å². The lowest BCUT2D eigenvalue weighted by Crippen LogP contribution is -1.85. The maximum atomic E-state index is 3.89. The molecule has 0 aliphatic heterocycles. The lowest BCUT2D eigenvalue weighted by molar-refractivity contribution is 1.55. The molecule has 0 heterocycles. The molecule has 0 spiro atoms. The number of benzene rings is 1. The Morgan fingerprint density at radius 1 is 1.00 bits per heavy atom. The van der Waals surface area contributed by atoms with E-state index in [1.165, 1.54) is 16.7 Å². The fourth-order valence-corrected chi connectivity index (χ4v) is 1.89. The highest BCUT2D eigenvalue weighted by molar-refractivity contribution is 5.80. The quantitative estimate of drug-likeness (QED) is 0.553. The number of hydrogen-bond acceptors (Lipinski definition) is 0. The van der Waals surface area contributed by atoms with Gasteiger partial charge >= 0.3 is 0 Å². The zero-order valence-corrected chi connectivity index (χ0v) is 12.3. The highest BCUT2D eigenvalue weighted by Gasteiger charge is 2.01. The van der Waals surface area contributed by atoms with Crippen LogP contribution in [-0.4, -0.2) is 0 Å². The lowest BCUT2D eigenvalue weighted by atomic mass is 9.98. The van der Waals surface area contributed by atoms with Crippen molar-refractivity contribution in [1.82, 2.24) is 0 Å². The van der Waals surface area contributed by atoms with Crippen LogP contribution in [0.5, 0.6) is 0 Å². The first-order valence-corrected chi connectivity index (χ1v) is 6.78. The van der Waals surface area contributed by atoms with Crippen LogP contribution in [0.15, 0.2) is 86.0 Å². The van der Waals surface area contributed by atoms with E-state index in [9.17, 15) is 0 Å². The first-order chi connectivity index (χ1) is 9.76. The van der Waals surface area contributed by atoms with Gasteiger partial charge in [-0.05, 0) is 42.2 Å². The molecule has 0 bridgehead atoms. The summed E-state index contributed by atoms with van der Waals surface area (Å²) in [5, 5.41) is 0. The summed E-state index contributed by atoms with van der Waals surface area (Å²) >= 11 is 0. The number of hydrogen-bond donors (Lipinski definition) is 0. The van der Waals surface area contributed by atoms with Gasteiger partial charge in [-0.15, -0.1) is 0 Å². The molecule has 0 unspecified atom stereocenters. The summed E-state index contributed by atoms with van der Waals surface area (Å²) in [6.07, 6.45) is 15.9. The van der Waals surface area contributed by atoms with Crippen LogP contribution >= 0.6 is 0 Å². The molecule has 0 aliphatic rings. The highest BCUT2D eigenvalue weighted by Crippen LogP contribution is 2.22. The van der Waals surface area contributed by atoms with Gasteiger partial charge in [0.2, 0.25) is 0 Å². The van der Waals surface area contributed by atoms with Gasteiger partial charge in [0.25, 0.3) is 0 Å². The summed E-state index contributed by atoms with van der Waals surface area (Å²) in [6.45, 7) is 11.6. The van der Waals surface area contributed by atoms with Crippen LogP contribution in [0, 0.1) is 0 Å². The van der Waals surface area contributed by atoms with Crippen molar-refractivity contribution in [2.75, 3.05) is 0 Å². The molecule has 0 heteroatoms. The van der Waals surface area contributed by atoms with Crippen molar-refractivity contribution >= 4 is 11.1 Å². The third-order valence-corrected chi connectivity index (χ3v) is 2.94. The maximum absolute atomic E-state index is 3.89. The molecule has 0 amide bonds. The molecular weight excluding hydrogens is 240 g/mol. The minimum absolute atomic E-state index is 1.12. The summed E-state index contributed by atoms with van der Waals surface area (Å²) in [6, 6.07) is 8.47. The van der Waals surface area contributed by atoms with Crippen molar-refractivity contribution in [3.63, 3.8) is 0 Å². The zero-order chi connectivity index (χ0) is 14.8. The van der Waals surface area contributed by atoms with E-state index < -0.39 is 0 Å². The van der Waals surface area contributed by atoms with Crippen molar-refractivity contribution in [3.05, 3.63) is 97.2 Å². The second-order valence-corrected chi connectivity index (χ2v) is 4.27. The molecule has 102 valence electrons. The van der Waals surface area contributed by atoms with Crippen LogP contribution in [0.25, 0.3) is 11.1 Å². The van der Waals surface area contributed by atoms with Gasteiger partial charge in [0.1, 0.15) is 0 Å². The average molecular weight is 262 g/mol. The molecule has 0 nitrogen and oxygen atoms in total. The molecule has 0 atom stereocenters. The van der Waals surface area contributed by atoms with Gasteiger partial charge in [-0.1, -0.05) is 80.0 Å². The molecule has 1 aromatic carbocycles. The van der Waals surface area contributed by atoms with E-state index in [-0.39, 0.29) is 0 Å². The molecule has 0 fully saturated rings. The van der Waals surface area contributed by atoms with Crippen molar-refractivity contribution in [3.8, 4) is 0 Å². The summed E-state index contributed by atoms with van der Waals surface area (Å²) in [4.78, 5) is 0. The molecule has 1 rings (SSSR count). The fraction of sp³-hybridized carbons (Fsp3) is 0.100. The van der Waals surface area contributed by atoms with Gasteiger partial charge in [-0.3, -0.25) is 0 Å². The normalized spacial score (nSPS) is 13.1. The Hall–Kier alpha value is -2.34. The van der Waals surface area contributed by atoms with Crippen LogP contribution in [0.4, 0.5) is 0 Å². The van der Waals surface area contributed by atoms with Gasteiger partial charge in [0.15, 0.2) is 0 Å². The van der Waals surface area contributed by atoms with Gasteiger partial charge in [0.05, 0.1) is 0 Å². The topological polar surface area (TPSA) is 0 Å². The second-order valence-electron chi connectivity index (χ2n) is 4.27. The lowest BCUT2D eigenvalue weighted by Gasteiger charge is -2.07. The molecule has 0 saturated heterocycles. The van der Waals surface area contributed by atoms with Gasteiger partial charge in [-0.25, -0.2) is 0 Å². The monoisotopic (exact) mass is 262 g/mol. The third-order valence-electron chi connectivity index (χ3n) is 2.94. The summed E-state index contributed by atoms with van der Waals surface area (Å²) in [5.74, 6) is 0. The Morgan fingerprint density at radius 2 is 1.70 bits per heavy atom. The molecule has 0 N–H and O–H groups in total. The van der Waals surface area contributed by atoms with Crippen LogP contribution in [-0.2, 0) is 0 Å². The SMILES string of the molecule is C=C/C=C\C(=C/C)c1cccc(/C(C=C)=C/C=C\C)c1. The molecular formula is C20H22. The van der Waals surface area contributed by atoms with Gasteiger partial charge in [-0.2, -0.15) is 0 Å². The van der Waals surface area contributed by atoms with Crippen LogP contribution in [0.1, 0.15) is 25.0 Å². The van der Waals surface area contributed by atoms with E-state index >= 15 is 0 Å². The standard InChI is InChI=1S/C20H22/c1-5-9-12-17(7-3)19-14-11-15-20(16-19)18(8-4)13-10-6-2/h5-16H,1,4H2,2-3H3/b10-6-,12-9-,17-7+,18-13+. The highest BCUT2D eigenvalue weighted by atomic mass is 14.1. The minimum Gasteiger partial charge on any atom is -0.0991 e. The molecule has 20 heavy (non-hydrogen) atoms. The summed E-state index contributed by atoms with van der Waals surface area (Å²) in [7, 11) is 0.